The normalized spacial score (nSPS) is 11.2. The molecule has 1 N–H and O–H groups in total. The van der Waals surface area contributed by atoms with Gasteiger partial charge >= 0.3 is 0 Å². The van der Waals surface area contributed by atoms with Gasteiger partial charge in [0.15, 0.2) is 0 Å². The lowest BCUT2D eigenvalue weighted by Crippen LogP contribution is -2.37. The highest BCUT2D eigenvalue weighted by atomic mass is 35.5. The monoisotopic (exact) mass is 520 g/mol. The van der Waals surface area contributed by atoms with Gasteiger partial charge < -0.3 is 14.8 Å². The van der Waals surface area contributed by atoms with Crippen molar-refractivity contribution in [3.05, 3.63) is 149 Å². The fourth-order valence-electron chi connectivity index (χ4n) is 4.94. The summed E-state index contributed by atoms with van der Waals surface area (Å²) in [5.41, 5.74) is 3.35. The highest BCUT2D eigenvalue weighted by molar-refractivity contribution is 6.30. The summed E-state index contributed by atoms with van der Waals surface area (Å²) in [5.74, 6) is 0.588. The highest BCUT2D eigenvalue weighted by Gasteiger charge is 2.38. The molecule has 5 rings (SSSR count). The van der Waals surface area contributed by atoms with Crippen LogP contribution in [0.3, 0.4) is 0 Å². The van der Waals surface area contributed by atoms with E-state index in [4.69, 9.17) is 16.6 Å². The molecule has 0 fully saturated rings. The summed E-state index contributed by atoms with van der Waals surface area (Å²) in [7, 11) is 0. The molecule has 0 radical (unpaired) electrons. The van der Waals surface area contributed by atoms with E-state index >= 15 is 0 Å². The van der Waals surface area contributed by atoms with E-state index in [0.717, 1.165) is 22.5 Å². The lowest BCUT2D eigenvalue weighted by atomic mass is 9.77. The lowest BCUT2D eigenvalue weighted by molar-refractivity contribution is -0.115. The van der Waals surface area contributed by atoms with Crippen LogP contribution in [0.25, 0.3) is 0 Å². The number of amides is 1. The van der Waals surface area contributed by atoms with E-state index in [1.54, 1.807) is 12.1 Å². The molecule has 0 bridgehead atoms. The standard InChI is InChI=1S/C32H29ClN4O/c1-2-36(23-31(38)35-29-20-12-19-28(33)21-29)30-22-37(24-34-30)32(25-13-6-3-7-14-25,26-15-8-4-9-16-26)27-17-10-5-11-18-27/h3-22,24H,2,23H2,1H3,(H,35,38). The molecule has 6 heteroatoms. The molecule has 0 aliphatic heterocycles. The average molecular weight is 521 g/mol. The number of anilines is 2. The van der Waals surface area contributed by atoms with Gasteiger partial charge in [0.05, 0.1) is 12.9 Å². The lowest BCUT2D eigenvalue weighted by Gasteiger charge is -2.37. The van der Waals surface area contributed by atoms with Gasteiger partial charge in [-0.1, -0.05) is 109 Å². The van der Waals surface area contributed by atoms with E-state index < -0.39 is 5.54 Å². The predicted molar refractivity (Wildman–Crippen MR) is 155 cm³/mol. The number of carbonyl (C=O) groups excluding carboxylic acids is 1. The molecule has 4 aromatic carbocycles. The van der Waals surface area contributed by atoms with E-state index in [1.807, 2.05) is 54.7 Å². The zero-order valence-corrected chi connectivity index (χ0v) is 21.9. The number of benzene rings is 4. The first-order valence-electron chi connectivity index (χ1n) is 12.6. The second kappa shape index (κ2) is 11.4. The van der Waals surface area contributed by atoms with Crippen LogP contribution in [0.5, 0.6) is 0 Å². The van der Waals surface area contributed by atoms with Gasteiger partial charge in [0, 0.05) is 23.5 Å². The first-order valence-corrected chi connectivity index (χ1v) is 13.0. The summed E-state index contributed by atoms with van der Waals surface area (Å²) in [5, 5.41) is 3.51. The van der Waals surface area contributed by atoms with Crippen molar-refractivity contribution < 1.29 is 4.79 Å². The molecule has 0 spiro atoms. The van der Waals surface area contributed by atoms with Gasteiger partial charge in [-0.2, -0.15) is 0 Å². The van der Waals surface area contributed by atoms with Crippen molar-refractivity contribution in [3.63, 3.8) is 0 Å². The molecule has 1 amide bonds. The van der Waals surface area contributed by atoms with E-state index in [0.29, 0.717) is 17.3 Å². The SMILES string of the molecule is CCN(CC(=O)Nc1cccc(Cl)c1)c1cn(C(c2ccccc2)(c2ccccc2)c2ccccc2)cn1. The predicted octanol–water partition coefficient (Wildman–Crippen LogP) is 6.84. The number of rotatable bonds is 9. The Kier molecular flexibility index (Phi) is 7.57. The van der Waals surface area contributed by atoms with E-state index in [1.165, 1.54) is 0 Å². The van der Waals surface area contributed by atoms with E-state index in [2.05, 4.69) is 82.7 Å². The number of carbonyl (C=O) groups is 1. The summed E-state index contributed by atoms with van der Waals surface area (Å²) < 4.78 is 2.15. The highest BCUT2D eigenvalue weighted by Crippen LogP contribution is 2.41. The summed E-state index contributed by atoms with van der Waals surface area (Å²) in [6.07, 6.45) is 3.89. The number of hydrogen-bond donors (Lipinski definition) is 1. The van der Waals surface area contributed by atoms with Crippen LogP contribution < -0.4 is 10.2 Å². The molecule has 190 valence electrons. The van der Waals surface area contributed by atoms with Crippen LogP contribution in [-0.2, 0) is 10.3 Å². The topological polar surface area (TPSA) is 50.2 Å². The largest absolute Gasteiger partial charge is 0.346 e. The maximum atomic E-state index is 12.9. The van der Waals surface area contributed by atoms with Gasteiger partial charge in [0.2, 0.25) is 5.91 Å². The van der Waals surface area contributed by atoms with Gasteiger partial charge in [-0.15, -0.1) is 0 Å². The molecule has 1 heterocycles. The molecule has 0 aliphatic rings. The molecular weight excluding hydrogens is 492 g/mol. The number of nitrogens with zero attached hydrogens (tertiary/aromatic N) is 3. The minimum atomic E-state index is -0.655. The molecule has 1 aromatic heterocycles. The molecule has 0 saturated heterocycles. The van der Waals surface area contributed by atoms with Crippen molar-refractivity contribution in [2.24, 2.45) is 0 Å². The molecule has 0 unspecified atom stereocenters. The Labute approximate surface area is 228 Å². The van der Waals surface area contributed by atoms with Crippen molar-refractivity contribution in [3.8, 4) is 0 Å². The first kappa shape index (κ1) is 25.3. The molecule has 38 heavy (non-hydrogen) atoms. The quantitative estimate of drug-likeness (QED) is 0.216. The van der Waals surface area contributed by atoms with Crippen molar-refractivity contribution in [2.45, 2.75) is 12.5 Å². The van der Waals surface area contributed by atoms with Crippen LogP contribution in [-0.4, -0.2) is 28.5 Å². The molecule has 5 nitrogen and oxygen atoms in total. The molecular formula is C32H29ClN4O. The molecule has 0 atom stereocenters. The first-order chi connectivity index (χ1) is 18.6. The van der Waals surface area contributed by atoms with E-state index in [9.17, 15) is 4.79 Å². The third-order valence-electron chi connectivity index (χ3n) is 6.68. The Balaban J connectivity index is 1.56. The van der Waals surface area contributed by atoms with Crippen molar-refractivity contribution >= 4 is 29.0 Å². The number of halogens is 1. The minimum absolute atomic E-state index is 0.135. The fraction of sp³-hybridized carbons (Fsp3) is 0.125. The Hall–Kier alpha value is -4.35. The number of imidazole rings is 1. The van der Waals surface area contributed by atoms with E-state index in [-0.39, 0.29) is 12.5 Å². The van der Waals surface area contributed by atoms with Gasteiger partial charge in [0.25, 0.3) is 0 Å². The third-order valence-corrected chi connectivity index (χ3v) is 6.91. The Morgan fingerprint density at radius 2 is 1.39 bits per heavy atom. The van der Waals surface area contributed by atoms with Crippen LogP contribution >= 0.6 is 11.6 Å². The van der Waals surface area contributed by atoms with Crippen molar-refractivity contribution in [2.75, 3.05) is 23.3 Å². The Morgan fingerprint density at radius 3 is 1.89 bits per heavy atom. The zero-order chi connectivity index (χ0) is 26.4. The Morgan fingerprint density at radius 1 is 0.842 bits per heavy atom. The molecule has 0 aliphatic carbocycles. The van der Waals surface area contributed by atoms with Gasteiger partial charge in [-0.05, 0) is 41.8 Å². The van der Waals surface area contributed by atoms with Crippen molar-refractivity contribution in [1.29, 1.82) is 0 Å². The van der Waals surface area contributed by atoms with Crippen LogP contribution in [0.4, 0.5) is 11.5 Å². The minimum Gasteiger partial charge on any atom is -0.346 e. The average Bonchev–Trinajstić information content (AvgIpc) is 3.44. The van der Waals surface area contributed by atoms with Crippen LogP contribution in [0, 0.1) is 0 Å². The van der Waals surface area contributed by atoms with Crippen LogP contribution in [0.15, 0.2) is 128 Å². The van der Waals surface area contributed by atoms with Crippen LogP contribution in [0.2, 0.25) is 5.02 Å². The molecule has 5 aromatic rings. The van der Waals surface area contributed by atoms with Gasteiger partial charge in [0.1, 0.15) is 11.4 Å². The second-order valence-electron chi connectivity index (χ2n) is 9.02. The number of hydrogen-bond acceptors (Lipinski definition) is 3. The Bertz CT molecular complexity index is 1390. The summed E-state index contributed by atoms with van der Waals surface area (Å²) >= 11 is 6.08. The fourth-order valence-corrected chi connectivity index (χ4v) is 5.13. The smallest absolute Gasteiger partial charge is 0.243 e. The number of likely N-dealkylation sites (N-methyl/N-ethyl adjacent to an activating group) is 1. The summed E-state index contributed by atoms with van der Waals surface area (Å²) in [4.78, 5) is 19.7. The van der Waals surface area contributed by atoms with Crippen LogP contribution in [0.1, 0.15) is 23.6 Å². The van der Waals surface area contributed by atoms with Gasteiger partial charge in [-0.3, -0.25) is 4.79 Å². The summed E-state index contributed by atoms with van der Waals surface area (Å²) in [6.45, 7) is 2.80. The zero-order valence-electron chi connectivity index (χ0n) is 21.2. The number of nitrogens with one attached hydrogen (secondary N) is 1. The summed E-state index contributed by atoms with van der Waals surface area (Å²) in [6, 6.07) is 38.5. The molecule has 0 saturated carbocycles. The van der Waals surface area contributed by atoms with Gasteiger partial charge in [-0.25, -0.2) is 4.98 Å². The number of aromatic nitrogens is 2. The third kappa shape index (κ3) is 5.06. The maximum absolute atomic E-state index is 12.9. The maximum Gasteiger partial charge on any atom is 0.243 e. The second-order valence-corrected chi connectivity index (χ2v) is 9.46. The van der Waals surface area contributed by atoms with Crippen molar-refractivity contribution in [1.82, 2.24) is 9.55 Å².